The maximum absolute atomic E-state index is 11.8. The van der Waals surface area contributed by atoms with Crippen LogP contribution in [0.4, 0.5) is 5.69 Å². The molecule has 2 N–H and O–H groups in total. The van der Waals surface area contributed by atoms with Gasteiger partial charge >= 0.3 is 0 Å². The van der Waals surface area contributed by atoms with E-state index in [4.69, 9.17) is 4.74 Å². The summed E-state index contributed by atoms with van der Waals surface area (Å²) in [6, 6.07) is 15.9. The van der Waals surface area contributed by atoms with Crippen molar-refractivity contribution in [3.05, 3.63) is 59.7 Å². The summed E-state index contributed by atoms with van der Waals surface area (Å²) < 4.78 is 5.42. The monoisotopic (exact) mass is 334 g/mol. The summed E-state index contributed by atoms with van der Waals surface area (Å²) in [6.07, 6.45) is 1.22. The Morgan fingerprint density at radius 3 is 2.52 bits per heavy atom. The van der Waals surface area contributed by atoms with Gasteiger partial charge in [-0.2, -0.15) is 0 Å². The van der Waals surface area contributed by atoms with Gasteiger partial charge in [0.25, 0.3) is 0 Å². The Labute approximate surface area is 143 Å². The van der Waals surface area contributed by atoms with Crippen LogP contribution in [-0.4, -0.2) is 26.6 Å². The van der Waals surface area contributed by atoms with Gasteiger partial charge in [0.05, 0.1) is 7.11 Å². The molecule has 2 aromatic rings. The Morgan fingerprint density at radius 2 is 1.87 bits per heavy atom. The average molecular weight is 335 g/mol. The van der Waals surface area contributed by atoms with Gasteiger partial charge in [0.2, 0.25) is 5.91 Å². The summed E-state index contributed by atoms with van der Waals surface area (Å²) in [7, 11) is 3.49. The van der Waals surface area contributed by atoms with Gasteiger partial charge in [-0.15, -0.1) is 12.4 Å². The molecule has 124 valence electrons. The second-order valence-corrected chi connectivity index (χ2v) is 5.09. The van der Waals surface area contributed by atoms with Crippen LogP contribution in [0, 0.1) is 0 Å². The summed E-state index contributed by atoms with van der Waals surface area (Å²) in [5.41, 5.74) is 3.06. The minimum Gasteiger partial charge on any atom is -0.496 e. The third-order valence-corrected chi connectivity index (χ3v) is 3.40. The Balaban J connectivity index is 0.00000264. The fourth-order valence-corrected chi connectivity index (χ4v) is 2.27. The van der Waals surface area contributed by atoms with Crippen molar-refractivity contribution < 1.29 is 9.53 Å². The van der Waals surface area contributed by atoms with Gasteiger partial charge in [0.15, 0.2) is 0 Å². The molecule has 5 heteroatoms. The number of ether oxygens (including phenoxy) is 1. The molecule has 2 aromatic carbocycles. The molecule has 0 radical (unpaired) electrons. The fourth-order valence-electron chi connectivity index (χ4n) is 2.27. The second kappa shape index (κ2) is 9.87. The first-order chi connectivity index (χ1) is 10.7. The van der Waals surface area contributed by atoms with Gasteiger partial charge < -0.3 is 15.4 Å². The molecule has 0 aliphatic heterocycles. The van der Waals surface area contributed by atoms with Gasteiger partial charge in [-0.25, -0.2) is 0 Å². The third-order valence-electron chi connectivity index (χ3n) is 3.40. The number of rotatable bonds is 7. The maximum atomic E-state index is 11.8. The lowest BCUT2D eigenvalue weighted by atomic mass is 10.0. The third kappa shape index (κ3) is 5.93. The van der Waals surface area contributed by atoms with E-state index >= 15 is 0 Å². The van der Waals surface area contributed by atoms with E-state index in [0.717, 1.165) is 23.4 Å². The molecule has 0 heterocycles. The predicted octanol–water partition coefficient (Wildman–Crippen LogP) is 3.26. The summed E-state index contributed by atoms with van der Waals surface area (Å²) in [4.78, 5) is 11.8. The topological polar surface area (TPSA) is 50.4 Å². The SMILES string of the molecule is CNCCC(=O)Nc1ccc(OC)c(Cc2ccccc2)c1.Cl. The summed E-state index contributed by atoms with van der Waals surface area (Å²) >= 11 is 0. The number of hydrogen-bond donors (Lipinski definition) is 2. The van der Waals surface area contributed by atoms with Crippen molar-refractivity contribution in [2.75, 3.05) is 26.0 Å². The highest BCUT2D eigenvalue weighted by molar-refractivity contribution is 5.91. The Morgan fingerprint density at radius 1 is 1.13 bits per heavy atom. The van der Waals surface area contributed by atoms with Gasteiger partial charge in [-0.05, 0) is 30.8 Å². The van der Waals surface area contributed by atoms with Crippen LogP contribution in [0.1, 0.15) is 17.5 Å². The number of carbonyl (C=O) groups is 1. The van der Waals surface area contributed by atoms with Gasteiger partial charge in [-0.1, -0.05) is 30.3 Å². The molecule has 0 atom stereocenters. The first-order valence-electron chi connectivity index (χ1n) is 7.38. The summed E-state index contributed by atoms with van der Waals surface area (Å²) in [5, 5.41) is 5.89. The van der Waals surface area contributed by atoms with Gasteiger partial charge in [0, 0.05) is 30.6 Å². The average Bonchev–Trinajstić information content (AvgIpc) is 2.54. The van der Waals surface area contributed by atoms with Crippen LogP contribution in [0.25, 0.3) is 0 Å². The normalized spacial score (nSPS) is 9.83. The lowest BCUT2D eigenvalue weighted by Gasteiger charge is -2.12. The zero-order valence-corrected chi connectivity index (χ0v) is 14.3. The molecule has 0 unspecified atom stereocenters. The fraction of sp³-hybridized carbons (Fsp3) is 0.278. The van der Waals surface area contributed by atoms with Crippen LogP contribution in [0.15, 0.2) is 48.5 Å². The number of hydrogen-bond acceptors (Lipinski definition) is 3. The Bertz CT molecular complexity index is 618. The number of methoxy groups -OCH3 is 1. The molecule has 0 aliphatic carbocycles. The van der Waals surface area contributed by atoms with Gasteiger partial charge in [-0.3, -0.25) is 4.79 Å². The molecule has 0 fully saturated rings. The van der Waals surface area contributed by atoms with Crippen molar-refractivity contribution in [2.24, 2.45) is 0 Å². The van der Waals surface area contributed by atoms with Crippen LogP contribution in [0.5, 0.6) is 5.75 Å². The first-order valence-corrected chi connectivity index (χ1v) is 7.38. The number of halogens is 1. The van der Waals surface area contributed by atoms with Crippen molar-refractivity contribution in [1.29, 1.82) is 0 Å². The quantitative estimate of drug-likeness (QED) is 0.817. The molecule has 0 saturated carbocycles. The van der Waals surface area contributed by atoms with E-state index in [2.05, 4.69) is 22.8 Å². The molecular weight excluding hydrogens is 312 g/mol. The lowest BCUT2D eigenvalue weighted by Crippen LogP contribution is -2.18. The minimum atomic E-state index is 0. The van der Waals surface area contributed by atoms with Crippen molar-refractivity contribution >= 4 is 24.0 Å². The summed E-state index contributed by atoms with van der Waals surface area (Å²) in [6.45, 7) is 0.666. The van der Waals surface area contributed by atoms with Crippen LogP contribution >= 0.6 is 12.4 Å². The molecule has 0 aromatic heterocycles. The van der Waals surface area contributed by atoms with E-state index < -0.39 is 0 Å². The van der Waals surface area contributed by atoms with E-state index in [1.54, 1.807) is 7.11 Å². The van der Waals surface area contributed by atoms with Crippen molar-refractivity contribution in [3.63, 3.8) is 0 Å². The summed E-state index contributed by atoms with van der Waals surface area (Å²) in [5.74, 6) is 0.835. The van der Waals surface area contributed by atoms with E-state index in [-0.39, 0.29) is 18.3 Å². The number of nitrogens with one attached hydrogen (secondary N) is 2. The first kappa shape index (κ1) is 19.0. The number of benzene rings is 2. The molecule has 0 saturated heterocycles. The number of amides is 1. The zero-order chi connectivity index (χ0) is 15.8. The van der Waals surface area contributed by atoms with Gasteiger partial charge in [0.1, 0.15) is 5.75 Å². The Kier molecular flexibility index (Phi) is 8.16. The highest BCUT2D eigenvalue weighted by atomic mass is 35.5. The highest BCUT2D eigenvalue weighted by Gasteiger charge is 2.08. The number of anilines is 1. The van der Waals surface area contributed by atoms with E-state index in [1.807, 2.05) is 43.4 Å². The Hall–Kier alpha value is -2.04. The maximum Gasteiger partial charge on any atom is 0.225 e. The zero-order valence-electron chi connectivity index (χ0n) is 13.5. The van der Waals surface area contributed by atoms with Crippen LogP contribution < -0.4 is 15.4 Å². The molecule has 23 heavy (non-hydrogen) atoms. The van der Waals surface area contributed by atoms with Crippen LogP contribution in [-0.2, 0) is 11.2 Å². The minimum absolute atomic E-state index is 0. The largest absolute Gasteiger partial charge is 0.496 e. The molecular formula is C18H23ClN2O2. The number of carbonyl (C=O) groups excluding carboxylic acids is 1. The van der Waals surface area contributed by atoms with Crippen molar-refractivity contribution in [1.82, 2.24) is 5.32 Å². The van der Waals surface area contributed by atoms with E-state index in [0.29, 0.717) is 13.0 Å². The van der Waals surface area contributed by atoms with Crippen molar-refractivity contribution in [3.8, 4) is 5.75 Å². The lowest BCUT2D eigenvalue weighted by molar-refractivity contribution is -0.116. The van der Waals surface area contributed by atoms with E-state index in [1.165, 1.54) is 5.56 Å². The molecule has 1 amide bonds. The van der Waals surface area contributed by atoms with Crippen LogP contribution in [0.3, 0.4) is 0 Å². The predicted molar refractivity (Wildman–Crippen MR) is 96.7 cm³/mol. The standard InChI is InChI=1S/C18H22N2O2.ClH/c1-19-11-10-18(21)20-16-8-9-17(22-2)15(13-16)12-14-6-4-3-5-7-14;/h3-9,13,19H,10-12H2,1-2H3,(H,20,21);1H. The van der Waals surface area contributed by atoms with Crippen molar-refractivity contribution in [2.45, 2.75) is 12.8 Å². The molecule has 0 aliphatic rings. The second-order valence-electron chi connectivity index (χ2n) is 5.09. The molecule has 4 nitrogen and oxygen atoms in total. The van der Waals surface area contributed by atoms with E-state index in [9.17, 15) is 4.79 Å². The smallest absolute Gasteiger partial charge is 0.225 e. The highest BCUT2D eigenvalue weighted by Crippen LogP contribution is 2.25. The van der Waals surface area contributed by atoms with Crippen LogP contribution in [0.2, 0.25) is 0 Å². The molecule has 2 rings (SSSR count). The molecule has 0 spiro atoms. The molecule has 0 bridgehead atoms.